The van der Waals surface area contributed by atoms with Gasteiger partial charge < -0.3 is 32.5 Å². The second-order valence-electron chi connectivity index (χ2n) is 8.19. The highest BCUT2D eigenvalue weighted by molar-refractivity contribution is 6.04. The van der Waals surface area contributed by atoms with Crippen LogP contribution in [0.4, 0.5) is 5.69 Å². The Hall–Kier alpha value is -4.25. The fourth-order valence-electron chi connectivity index (χ4n) is 3.55. The molecule has 0 aliphatic rings. The third kappa shape index (κ3) is 8.51. The van der Waals surface area contributed by atoms with Crippen LogP contribution >= 0.6 is 0 Å². The topological polar surface area (TPSA) is 194 Å². The van der Waals surface area contributed by atoms with E-state index in [9.17, 15) is 29.1 Å². The zero-order chi connectivity index (χ0) is 26.7. The first-order valence-electron chi connectivity index (χ1n) is 11.4. The number of amides is 4. The average Bonchev–Trinajstić information content (AvgIpc) is 2.83. The van der Waals surface area contributed by atoms with Gasteiger partial charge in [0.15, 0.2) is 0 Å². The first-order valence-corrected chi connectivity index (χ1v) is 11.4. The predicted octanol–water partition coefficient (Wildman–Crippen LogP) is 0.984. The molecule has 0 aliphatic carbocycles. The summed E-state index contributed by atoms with van der Waals surface area (Å²) in [6.45, 7) is 1.80. The van der Waals surface area contributed by atoms with Crippen LogP contribution in [0.25, 0.3) is 11.1 Å². The minimum Gasteiger partial charge on any atom is -0.480 e. The molecule has 1 unspecified atom stereocenters. The summed E-state index contributed by atoms with van der Waals surface area (Å²) in [5, 5.41) is 17.0. The number of nitrogens with two attached hydrogens (primary N) is 2. The molecule has 2 atom stereocenters. The molecule has 0 aromatic heterocycles. The van der Waals surface area contributed by atoms with Gasteiger partial charge in [-0.05, 0) is 55.1 Å². The minimum absolute atomic E-state index is 0.135. The molecular formula is C25H31N5O6. The number of hydrogen-bond donors (Lipinski definition) is 6. The van der Waals surface area contributed by atoms with Gasteiger partial charge in [-0.2, -0.15) is 0 Å². The van der Waals surface area contributed by atoms with Crippen LogP contribution in [0.2, 0.25) is 0 Å². The summed E-state index contributed by atoms with van der Waals surface area (Å²) in [4.78, 5) is 60.1. The zero-order valence-corrected chi connectivity index (χ0v) is 20.0. The summed E-state index contributed by atoms with van der Waals surface area (Å²) in [6, 6.07) is 11.1. The van der Waals surface area contributed by atoms with E-state index >= 15 is 0 Å². The van der Waals surface area contributed by atoms with Crippen LogP contribution in [0.1, 0.15) is 43.0 Å². The van der Waals surface area contributed by atoms with E-state index in [1.807, 2.05) is 0 Å². The second-order valence-corrected chi connectivity index (χ2v) is 8.19. The molecule has 0 aliphatic heterocycles. The van der Waals surface area contributed by atoms with Gasteiger partial charge in [-0.25, -0.2) is 4.79 Å². The van der Waals surface area contributed by atoms with Crippen molar-refractivity contribution in [2.75, 3.05) is 11.9 Å². The smallest absolute Gasteiger partial charge is 0.326 e. The highest BCUT2D eigenvalue weighted by Crippen LogP contribution is 2.27. The van der Waals surface area contributed by atoms with Crippen molar-refractivity contribution < 1.29 is 29.1 Å². The van der Waals surface area contributed by atoms with Gasteiger partial charge >= 0.3 is 5.97 Å². The number of carboxylic acids is 1. The normalized spacial score (nSPS) is 12.2. The van der Waals surface area contributed by atoms with Crippen molar-refractivity contribution in [2.24, 2.45) is 11.5 Å². The third-order valence-electron chi connectivity index (χ3n) is 5.27. The molecule has 0 spiro atoms. The van der Waals surface area contributed by atoms with Gasteiger partial charge in [-0.15, -0.1) is 0 Å². The average molecular weight is 498 g/mol. The van der Waals surface area contributed by atoms with E-state index in [4.69, 9.17) is 11.5 Å². The van der Waals surface area contributed by atoms with Crippen molar-refractivity contribution in [3.63, 3.8) is 0 Å². The molecule has 0 saturated heterocycles. The lowest BCUT2D eigenvalue weighted by atomic mass is 9.97. The van der Waals surface area contributed by atoms with E-state index in [1.54, 1.807) is 36.4 Å². The number of aliphatic carboxylic acids is 1. The largest absolute Gasteiger partial charge is 0.480 e. The van der Waals surface area contributed by atoms with Gasteiger partial charge in [-0.3, -0.25) is 19.2 Å². The number of carboxylic acid groups (broad SMARTS) is 1. The standard InChI is InChI=1S/C25H31N5O6/c1-15(31)28-20(9-5-6-12-26)24(34)29-17-10-11-18(19(13-17)16-7-3-2-4-8-16)23(33)30-21(25(35)36)14-22(27)32/h2-4,7-8,10-11,13,20-21H,5-6,9,12,14,26H2,1H3,(H2,27,32)(H,28,31)(H,29,34)(H,30,33)(H,35,36)/t20?,21-/m0/s1. The first kappa shape index (κ1) is 28.0. The summed E-state index contributed by atoms with van der Waals surface area (Å²) >= 11 is 0. The molecule has 0 bridgehead atoms. The van der Waals surface area contributed by atoms with Crippen LogP contribution in [-0.2, 0) is 19.2 Å². The lowest BCUT2D eigenvalue weighted by Gasteiger charge is -2.19. The Morgan fingerprint density at radius 1 is 0.944 bits per heavy atom. The van der Waals surface area contributed by atoms with Gasteiger partial charge in [0, 0.05) is 18.2 Å². The Bertz CT molecular complexity index is 1110. The van der Waals surface area contributed by atoms with Gasteiger partial charge in [0.1, 0.15) is 12.1 Å². The Balaban J connectivity index is 2.36. The highest BCUT2D eigenvalue weighted by atomic mass is 16.4. The maximum Gasteiger partial charge on any atom is 0.326 e. The van der Waals surface area contributed by atoms with Crippen molar-refractivity contribution >= 4 is 35.3 Å². The monoisotopic (exact) mass is 497 g/mol. The molecule has 36 heavy (non-hydrogen) atoms. The molecule has 8 N–H and O–H groups in total. The molecule has 11 heteroatoms. The summed E-state index contributed by atoms with van der Waals surface area (Å²) in [5.41, 5.74) is 12.2. The fourth-order valence-corrected chi connectivity index (χ4v) is 3.55. The Kier molecular flexibility index (Phi) is 10.6. The number of anilines is 1. The van der Waals surface area contributed by atoms with E-state index < -0.39 is 42.2 Å². The van der Waals surface area contributed by atoms with E-state index in [-0.39, 0.29) is 11.5 Å². The molecule has 0 saturated carbocycles. The van der Waals surface area contributed by atoms with Crippen LogP contribution in [0.15, 0.2) is 48.5 Å². The lowest BCUT2D eigenvalue weighted by molar-refractivity contribution is -0.141. The molecule has 0 fully saturated rings. The number of carbonyl (C=O) groups excluding carboxylic acids is 4. The number of rotatable bonds is 13. The second kappa shape index (κ2) is 13.6. The van der Waals surface area contributed by atoms with Crippen LogP contribution in [0, 0.1) is 0 Å². The quantitative estimate of drug-likeness (QED) is 0.222. The number of unbranched alkanes of at least 4 members (excludes halogenated alkanes) is 1. The molecule has 2 aromatic rings. The van der Waals surface area contributed by atoms with Crippen molar-refractivity contribution in [3.05, 3.63) is 54.1 Å². The number of carbonyl (C=O) groups is 5. The van der Waals surface area contributed by atoms with Gasteiger partial charge in [0.05, 0.1) is 6.42 Å². The van der Waals surface area contributed by atoms with E-state index in [0.717, 1.165) is 0 Å². The van der Waals surface area contributed by atoms with E-state index in [1.165, 1.54) is 19.1 Å². The molecule has 4 amide bonds. The number of primary amides is 1. The molecule has 2 aromatic carbocycles. The first-order chi connectivity index (χ1) is 17.1. The molecule has 2 rings (SSSR count). The number of nitrogens with one attached hydrogen (secondary N) is 3. The van der Waals surface area contributed by atoms with E-state index in [2.05, 4.69) is 16.0 Å². The molecular weight excluding hydrogens is 466 g/mol. The Labute approximate surface area is 208 Å². The molecule has 0 radical (unpaired) electrons. The number of hydrogen-bond acceptors (Lipinski definition) is 6. The Morgan fingerprint density at radius 3 is 2.22 bits per heavy atom. The van der Waals surface area contributed by atoms with Gasteiger partial charge in [-0.1, -0.05) is 30.3 Å². The van der Waals surface area contributed by atoms with Crippen LogP contribution in [-0.4, -0.2) is 53.3 Å². The molecule has 0 heterocycles. The Morgan fingerprint density at radius 2 is 1.64 bits per heavy atom. The van der Waals surface area contributed by atoms with Crippen LogP contribution in [0.3, 0.4) is 0 Å². The predicted molar refractivity (Wildman–Crippen MR) is 134 cm³/mol. The highest BCUT2D eigenvalue weighted by Gasteiger charge is 2.25. The fraction of sp³-hybridized carbons (Fsp3) is 0.320. The van der Waals surface area contributed by atoms with Gasteiger partial charge in [0.25, 0.3) is 5.91 Å². The summed E-state index contributed by atoms with van der Waals surface area (Å²) in [7, 11) is 0. The number of benzene rings is 2. The minimum atomic E-state index is -1.50. The van der Waals surface area contributed by atoms with Gasteiger partial charge in [0.2, 0.25) is 17.7 Å². The molecule has 192 valence electrons. The summed E-state index contributed by atoms with van der Waals surface area (Å²) < 4.78 is 0. The summed E-state index contributed by atoms with van der Waals surface area (Å²) in [5.74, 6) is -3.76. The van der Waals surface area contributed by atoms with Crippen molar-refractivity contribution in [3.8, 4) is 11.1 Å². The SMILES string of the molecule is CC(=O)NC(CCCCN)C(=O)Nc1ccc(C(=O)N[C@@H](CC(N)=O)C(=O)O)c(-c2ccccc2)c1. The zero-order valence-electron chi connectivity index (χ0n) is 20.0. The summed E-state index contributed by atoms with van der Waals surface area (Å²) in [6.07, 6.45) is 1.20. The third-order valence-corrected chi connectivity index (χ3v) is 5.27. The van der Waals surface area contributed by atoms with Crippen molar-refractivity contribution in [1.82, 2.24) is 10.6 Å². The maximum atomic E-state index is 13.0. The van der Waals surface area contributed by atoms with Crippen molar-refractivity contribution in [2.45, 2.75) is 44.7 Å². The molecule has 11 nitrogen and oxygen atoms in total. The van der Waals surface area contributed by atoms with Crippen LogP contribution < -0.4 is 27.4 Å². The maximum absolute atomic E-state index is 13.0. The van der Waals surface area contributed by atoms with E-state index in [0.29, 0.717) is 42.6 Å². The lowest BCUT2D eigenvalue weighted by Crippen LogP contribution is -2.43. The van der Waals surface area contributed by atoms with Crippen LogP contribution in [0.5, 0.6) is 0 Å². The van der Waals surface area contributed by atoms with Crippen molar-refractivity contribution in [1.29, 1.82) is 0 Å².